The van der Waals surface area contributed by atoms with Gasteiger partial charge in [-0.25, -0.2) is 8.78 Å². The number of hydrogen-bond donors (Lipinski definition) is 0. The van der Waals surface area contributed by atoms with E-state index in [1.807, 2.05) is 6.92 Å². The normalized spacial score (nSPS) is 20.3. The molecule has 0 radical (unpaired) electrons. The minimum atomic E-state index is -2.72. The van der Waals surface area contributed by atoms with E-state index in [4.69, 9.17) is 4.74 Å². The molecule has 0 aromatic carbocycles. The second-order valence-electron chi connectivity index (χ2n) is 4.68. The Morgan fingerprint density at radius 1 is 1.33 bits per heavy atom. The zero-order valence-electron chi connectivity index (χ0n) is 11.5. The Labute approximate surface area is 108 Å². The number of halogens is 2. The van der Waals surface area contributed by atoms with Crippen molar-refractivity contribution in [3.63, 3.8) is 0 Å². The maximum Gasteiger partial charge on any atom is 0.272 e. The smallest absolute Gasteiger partial charge is 0.272 e. The third-order valence-electron chi connectivity index (χ3n) is 3.16. The molecule has 0 spiro atoms. The minimum Gasteiger partial charge on any atom is -0.379 e. The van der Waals surface area contributed by atoms with E-state index in [-0.39, 0.29) is 12.0 Å². The third kappa shape index (κ3) is 4.50. The van der Waals surface area contributed by atoms with Crippen molar-refractivity contribution < 1.29 is 13.5 Å². The zero-order chi connectivity index (χ0) is 13.6. The first-order valence-corrected chi connectivity index (χ1v) is 6.51. The standard InChI is InChI=1S/C14H23F2NO/c1-4-13(14(15,16)5-2)10-12(3)11-17-6-8-18-9-7-17/h4,10H,5-9,11H2,1-3H3/b12-10+,13-4+. The number of morpholine rings is 1. The van der Waals surface area contributed by atoms with Gasteiger partial charge in [0.25, 0.3) is 5.92 Å². The van der Waals surface area contributed by atoms with Crippen LogP contribution < -0.4 is 0 Å². The molecule has 0 atom stereocenters. The van der Waals surface area contributed by atoms with Crippen molar-refractivity contribution in [2.75, 3.05) is 32.8 Å². The van der Waals surface area contributed by atoms with Crippen LogP contribution in [0.15, 0.2) is 23.3 Å². The van der Waals surface area contributed by atoms with Crippen LogP contribution in [0.1, 0.15) is 27.2 Å². The minimum absolute atomic E-state index is 0.121. The maximum atomic E-state index is 13.6. The fourth-order valence-corrected chi connectivity index (χ4v) is 2.03. The van der Waals surface area contributed by atoms with E-state index in [9.17, 15) is 8.78 Å². The lowest BCUT2D eigenvalue weighted by atomic mass is 10.0. The molecule has 0 aromatic rings. The van der Waals surface area contributed by atoms with E-state index < -0.39 is 5.92 Å². The Hall–Kier alpha value is -0.740. The molecule has 0 amide bonds. The van der Waals surface area contributed by atoms with Crippen molar-refractivity contribution in [1.82, 2.24) is 4.90 Å². The van der Waals surface area contributed by atoms with Gasteiger partial charge in [-0.05, 0) is 13.8 Å². The number of nitrogens with zero attached hydrogens (tertiary/aromatic N) is 1. The number of ether oxygens (including phenoxy) is 1. The summed E-state index contributed by atoms with van der Waals surface area (Å²) in [5, 5.41) is 0. The van der Waals surface area contributed by atoms with Gasteiger partial charge in [0.2, 0.25) is 0 Å². The molecule has 1 aliphatic heterocycles. The van der Waals surface area contributed by atoms with E-state index in [0.29, 0.717) is 0 Å². The van der Waals surface area contributed by atoms with Crippen molar-refractivity contribution in [3.05, 3.63) is 23.3 Å². The second kappa shape index (κ2) is 7.00. The van der Waals surface area contributed by atoms with Gasteiger partial charge in [-0.3, -0.25) is 4.90 Å². The summed E-state index contributed by atoms with van der Waals surface area (Å²) in [6.45, 7) is 9.03. The molecule has 104 valence electrons. The van der Waals surface area contributed by atoms with Crippen LogP contribution in [0.5, 0.6) is 0 Å². The van der Waals surface area contributed by atoms with Gasteiger partial charge in [0.1, 0.15) is 0 Å². The Bertz CT molecular complexity index is 318. The van der Waals surface area contributed by atoms with Gasteiger partial charge in [0.05, 0.1) is 13.2 Å². The lowest BCUT2D eigenvalue weighted by Gasteiger charge is -2.27. The van der Waals surface area contributed by atoms with Gasteiger partial charge < -0.3 is 4.74 Å². The SMILES string of the molecule is C/C=C(\C=C(/C)CN1CCOCC1)C(F)(F)CC. The van der Waals surface area contributed by atoms with Crippen LogP contribution in [0.3, 0.4) is 0 Å². The van der Waals surface area contributed by atoms with Crippen LogP contribution in [0.4, 0.5) is 8.78 Å². The first kappa shape index (κ1) is 15.3. The molecule has 0 aliphatic carbocycles. The van der Waals surface area contributed by atoms with Gasteiger partial charge in [0.15, 0.2) is 0 Å². The Balaban J connectivity index is 2.63. The molecule has 1 heterocycles. The molecular weight excluding hydrogens is 236 g/mol. The van der Waals surface area contributed by atoms with E-state index in [1.54, 1.807) is 13.0 Å². The average Bonchev–Trinajstić information content (AvgIpc) is 2.37. The summed E-state index contributed by atoms with van der Waals surface area (Å²) >= 11 is 0. The maximum absolute atomic E-state index is 13.6. The van der Waals surface area contributed by atoms with Crippen molar-refractivity contribution >= 4 is 0 Å². The summed E-state index contributed by atoms with van der Waals surface area (Å²) in [7, 11) is 0. The van der Waals surface area contributed by atoms with Gasteiger partial charge in [-0.2, -0.15) is 0 Å². The molecule has 1 saturated heterocycles. The van der Waals surface area contributed by atoms with Crippen LogP contribution in [-0.4, -0.2) is 43.7 Å². The second-order valence-corrected chi connectivity index (χ2v) is 4.68. The largest absolute Gasteiger partial charge is 0.379 e. The van der Waals surface area contributed by atoms with Crippen molar-refractivity contribution in [3.8, 4) is 0 Å². The summed E-state index contributed by atoms with van der Waals surface area (Å²) in [6, 6.07) is 0. The third-order valence-corrected chi connectivity index (χ3v) is 3.16. The lowest BCUT2D eigenvalue weighted by Crippen LogP contribution is -2.37. The summed E-state index contributed by atoms with van der Waals surface area (Å²) in [5.74, 6) is -2.72. The van der Waals surface area contributed by atoms with Crippen molar-refractivity contribution in [1.29, 1.82) is 0 Å². The topological polar surface area (TPSA) is 12.5 Å². The molecule has 4 heteroatoms. The van der Waals surface area contributed by atoms with E-state index in [1.165, 1.54) is 13.0 Å². The average molecular weight is 259 g/mol. The summed E-state index contributed by atoms with van der Waals surface area (Å²) < 4.78 is 32.5. The number of allylic oxidation sites excluding steroid dienone is 3. The van der Waals surface area contributed by atoms with Crippen LogP contribution in [0.2, 0.25) is 0 Å². The molecule has 0 unspecified atom stereocenters. The molecule has 0 aromatic heterocycles. The zero-order valence-corrected chi connectivity index (χ0v) is 11.5. The van der Waals surface area contributed by atoms with E-state index >= 15 is 0 Å². The van der Waals surface area contributed by atoms with E-state index in [0.717, 1.165) is 38.4 Å². The van der Waals surface area contributed by atoms with Crippen LogP contribution in [0, 0.1) is 0 Å². The van der Waals surface area contributed by atoms with Gasteiger partial charge in [-0.15, -0.1) is 0 Å². The number of alkyl halides is 2. The Kier molecular flexibility index (Phi) is 5.96. The first-order valence-electron chi connectivity index (χ1n) is 6.51. The van der Waals surface area contributed by atoms with E-state index in [2.05, 4.69) is 4.90 Å². The Morgan fingerprint density at radius 2 is 1.94 bits per heavy atom. The van der Waals surface area contributed by atoms with Gasteiger partial charge in [-0.1, -0.05) is 24.6 Å². The fourth-order valence-electron chi connectivity index (χ4n) is 2.03. The summed E-state index contributed by atoms with van der Waals surface area (Å²) in [6.07, 6.45) is 2.97. The number of rotatable bonds is 5. The number of hydrogen-bond acceptors (Lipinski definition) is 2. The first-order chi connectivity index (χ1) is 8.49. The monoisotopic (exact) mass is 259 g/mol. The molecule has 1 fully saturated rings. The highest BCUT2D eigenvalue weighted by Gasteiger charge is 2.29. The quantitative estimate of drug-likeness (QED) is 0.703. The van der Waals surface area contributed by atoms with Crippen molar-refractivity contribution in [2.45, 2.75) is 33.1 Å². The van der Waals surface area contributed by atoms with Crippen molar-refractivity contribution in [2.24, 2.45) is 0 Å². The highest BCUT2D eigenvalue weighted by molar-refractivity contribution is 5.29. The Morgan fingerprint density at radius 3 is 2.44 bits per heavy atom. The predicted molar refractivity (Wildman–Crippen MR) is 70.0 cm³/mol. The highest BCUT2D eigenvalue weighted by atomic mass is 19.3. The predicted octanol–water partition coefficient (Wildman–Crippen LogP) is 3.26. The summed E-state index contributed by atoms with van der Waals surface area (Å²) in [5.41, 5.74) is 1.09. The fraction of sp³-hybridized carbons (Fsp3) is 0.714. The summed E-state index contributed by atoms with van der Waals surface area (Å²) in [4.78, 5) is 2.23. The molecule has 0 bridgehead atoms. The lowest BCUT2D eigenvalue weighted by molar-refractivity contribution is 0.0393. The molecule has 1 rings (SSSR count). The molecule has 2 nitrogen and oxygen atoms in total. The van der Waals surface area contributed by atoms with Crippen LogP contribution in [0.25, 0.3) is 0 Å². The molecular formula is C14H23F2NO. The van der Waals surface area contributed by atoms with Gasteiger partial charge in [0, 0.05) is 31.6 Å². The van der Waals surface area contributed by atoms with Gasteiger partial charge >= 0.3 is 0 Å². The molecule has 0 saturated carbocycles. The molecule has 0 N–H and O–H groups in total. The van der Waals surface area contributed by atoms with Crippen LogP contribution in [-0.2, 0) is 4.74 Å². The molecule has 1 aliphatic rings. The van der Waals surface area contributed by atoms with Crippen LogP contribution >= 0.6 is 0 Å². The highest BCUT2D eigenvalue weighted by Crippen LogP contribution is 2.29. The molecule has 18 heavy (non-hydrogen) atoms.